The molecule has 0 saturated heterocycles. The number of hydrogen-bond acceptors (Lipinski definition) is 4. The second-order valence-electron chi connectivity index (χ2n) is 4.15. The second-order valence-corrected chi connectivity index (χ2v) is 4.15. The molecule has 1 aliphatic heterocycles. The highest BCUT2D eigenvalue weighted by molar-refractivity contribution is 5.86. The van der Waals surface area contributed by atoms with Gasteiger partial charge in [-0.25, -0.2) is 4.99 Å². The fourth-order valence-corrected chi connectivity index (χ4v) is 1.96. The van der Waals surface area contributed by atoms with Crippen LogP contribution >= 0.6 is 24.8 Å². The molecule has 0 amide bonds. The lowest BCUT2D eigenvalue weighted by Crippen LogP contribution is -2.32. The zero-order chi connectivity index (χ0) is 12.1. The number of benzene rings is 1. The zero-order valence-corrected chi connectivity index (χ0v) is 12.0. The maximum absolute atomic E-state index is 8.74. The molecule has 4 nitrogen and oxygen atoms in total. The number of nitriles is 1. The summed E-state index contributed by atoms with van der Waals surface area (Å²) in [6, 6.07) is 9.66. The Morgan fingerprint density at radius 1 is 1.21 bits per heavy atom. The third-order valence-electron chi connectivity index (χ3n) is 2.87. The summed E-state index contributed by atoms with van der Waals surface area (Å²) in [4.78, 5) is 8.46. The molecule has 6 heteroatoms. The third-order valence-corrected chi connectivity index (χ3v) is 2.87. The van der Waals surface area contributed by atoms with Crippen LogP contribution in [0.4, 0.5) is 0 Å². The lowest BCUT2D eigenvalue weighted by atomic mass is 9.89. The molecule has 0 bridgehead atoms. The number of nitrogens with zero attached hydrogens (tertiary/aromatic N) is 3. The normalized spacial score (nSPS) is 19.4. The molecule has 0 aliphatic carbocycles. The largest absolute Gasteiger partial charge is 0.330 e. The van der Waals surface area contributed by atoms with Crippen LogP contribution in [0.25, 0.3) is 0 Å². The van der Waals surface area contributed by atoms with E-state index in [-0.39, 0.29) is 30.4 Å². The topological polar surface area (TPSA) is 74.5 Å². The van der Waals surface area contributed by atoms with Gasteiger partial charge in [-0.3, -0.25) is 4.99 Å². The number of halogens is 2. The van der Waals surface area contributed by atoms with Crippen LogP contribution in [0.15, 0.2) is 34.3 Å². The molecule has 2 rings (SSSR count). The highest BCUT2D eigenvalue weighted by Crippen LogP contribution is 2.22. The van der Waals surface area contributed by atoms with Crippen LogP contribution in [-0.2, 0) is 6.42 Å². The van der Waals surface area contributed by atoms with Crippen LogP contribution in [0.3, 0.4) is 0 Å². The summed E-state index contributed by atoms with van der Waals surface area (Å²) in [5.41, 5.74) is 7.14. The van der Waals surface area contributed by atoms with E-state index in [2.05, 4.69) is 16.1 Å². The second kappa shape index (κ2) is 7.90. The zero-order valence-electron chi connectivity index (χ0n) is 10.3. The predicted molar refractivity (Wildman–Crippen MR) is 82.7 cm³/mol. The van der Waals surface area contributed by atoms with Gasteiger partial charge in [-0.1, -0.05) is 12.1 Å². The summed E-state index contributed by atoms with van der Waals surface area (Å²) < 4.78 is 0. The molecule has 1 aromatic carbocycles. The highest BCUT2D eigenvalue weighted by atomic mass is 35.5. The minimum atomic E-state index is -0.289. The van der Waals surface area contributed by atoms with Crippen molar-refractivity contribution in [1.82, 2.24) is 0 Å². The van der Waals surface area contributed by atoms with E-state index in [4.69, 9.17) is 11.0 Å². The van der Waals surface area contributed by atoms with Crippen LogP contribution in [0.2, 0.25) is 0 Å². The van der Waals surface area contributed by atoms with Gasteiger partial charge in [0.15, 0.2) is 0 Å². The first-order chi connectivity index (χ1) is 8.28. The Morgan fingerprint density at radius 2 is 1.89 bits per heavy atom. The molecule has 1 unspecified atom stereocenters. The van der Waals surface area contributed by atoms with Crippen LogP contribution < -0.4 is 5.73 Å². The van der Waals surface area contributed by atoms with Crippen LogP contribution in [-0.4, -0.2) is 24.6 Å². The van der Waals surface area contributed by atoms with Crippen molar-refractivity contribution in [3.8, 4) is 6.07 Å². The van der Waals surface area contributed by atoms with E-state index in [1.165, 1.54) is 0 Å². The summed E-state index contributed by atoms with van der Waals surface area (Å²) in [5.74, 6) is 0. The maximum Gasteiger partial charge on any atom is 0.110 e. The van der Waals surface area contributed by atoms with Gasteiger partial charge in [-0.05, 0) is 30.7 Å². The Hall–Kier alpha value is -1.41. The van der Waals surface area contributed by atoms with Gasteiger partial charge in [-0.15, -0.1) is 24.8 Å². The molecule has 0 fully saturated rings. The Morgan fingerprint density at radius 3 is 2.37 bits per heavy atom. The molecule has 1 aromatic rings. The van der Waals surface area contributed by atoms with Crippen molar-refractivity contribution in [2.24, 2.45) is 15.7 Å². The standard InChI is InChI=1S/C13H14N4.2ClH/c14-6-5-13(9-16-10-17-13)7-11-1-3-12(8-15)4-2-11;;/h1-4,9-10H,5-7,14H2;2*1H. The van der Waals surface area contributed by atoms with E-state index in [1.807, 2.05) is 30.5 Å². The number of nitrogens with two attached hydrogens (primary N) is 1. The number of hydrogen-bond donors (Lipinski definition) is 1. The van der Waals surface area contributed by atoms with Gasteiger partial charge >= 0.3 is 0 Å². The average molecular weight is 299 g/mol. The Labute approximate surface area is 125 Å². The molecule has 2 N–H and O–H groups in total. The first-order valence-corrected chi connectivity index (χ1v) is 5.55. The fraction of sp³-hybridized carbons (Fsp3) is 0.308. The third kappa shape index (κ3) is 4.32. The van der Waals surface area contributed by atoms with Gasteiger partial charge in [0.2, 0.25) is 0 Å². The molecule has 0 aromatic heterocycles. The highest BCUT2D eigenvalue weighted by Gasteiger charge is 2.28. The summed E-state index contributed by atoms with van der Waals surface area (Å²) in [6.45, 7) is 0.583. The van der Waals surface area contributed by atoms with Crippen molar-refractivity contribution >= 4 is 37.4 Å². The minimum absolute atomic E-state index is 0. The first-order valence-electron chi connectivity index (χ1n) is 5.55. The Kier molecular flexibility index (Phi) is 7.32. The van der Waals surface area contributed by atoms with E-state index in [9.17, 15) is 0 Å². The molecule has 0 spiro atoms. The van der Waals surface area contributed by atoms with Gasteiger partial charge in [0.1, 0.15) is 11.9 Å². The van der Waals surface area contributed by atoms with Crippen molar-refractivity contribution in [2.75, 3.05) is 6.54 Å². The molecular formula is C13H16Cl2N4. The molecule has 1 atom stereocenters. The van der Waals surface area contributed by atoms with E-state index >= 15 is 0 Å². The van der Waals surface area contributed by atoms with Crippen LogP contribution in [0.5, 0.6) is 0 Å². The average Bonchev–Trinajstić information content (AvgIpc) is 2.79. The number of rotatable bonds is 4. The Bertz CT molecular complexity index is 476. The predicted octanol–water partition coefficient (Wildman–Crippen LogP) is 2.14. The molecular weight excluding hydrogens is 283 g/mol. The maximum atomic E-state index is 8.74. The van der Waals surface area contributed by atoms with Gasteiger partial charge in [-0.2, -0.15) is 5.26 Å². The smallest absolute Gasteiger partial charge is 0.110 e. The molecule has 102 valence electrons. The van der Waals surface area contributed by atoms with Crippen molar-refractivity contribution in [3.05, 3.63) is 35.4 Å². The van der Waals surface area contributed by atoms with Crippen molar-refractivity contribution < 1.29 is 0 Å². The van der Waals surface area contributed by atoms with Crippen molar-refractivity contribution in [2.45, 2.75) is 18.4 Å². The van der Waals surface area contributed by atoms with Crippen LogP contribution in [0, 0.1) is 11.3 Å². The molecule has 0 saturated carbocycles. The molecule has 0 radical (unpaired) electrons. The summed E-state index contributed by atoms with van der Waals surface area (Å²) >= 11 is 0. The van der Waals surface area contributed by atoms with Crippen molar-refractivity contribution in [3.63, 3.8) is 0 Å². The lowest BCUT2D eigenvalue weighted by molar-refractivity contribution is 0.545. The first kappa shape index (κ1) is 17.6. The fourth-order valence-electron chi connectivity index (χ4n) is 1.96. The van der Waals surface area contributed by atoms with E-state index in [0.29, 0.717) is 12.1 Å². The van der Waals surface area contributed by atoms with Gasteiger partial charge in [0.25, 0.3) is 0 Å². The Balaban J connectivity index is 0.00000162. The molecule has 1 aliphatic rings. The van der Waals surface area contributed by atoms with Gasteiger partial charge in [0.05, 0.1) is 11.6 Å². The van der Waals surface area contributed by atoms with Crippen molar-refractivity contribution in [1.29, 1.82) is 5.26 Å². The van der Waals surface area contributed by atoms with E-state index in [1.54, 1.807) is 6.34 Å². The van der Waals surface area contributed by atoms with E-state index in [0.717, 1.165) is 18.4 Å². The minimum Gasteiger partial charge on any atom is -0.330 e. The lowest BCUT2D eigenvalue weighted by Gasteiger charge is -2.22. The quantitative estimate of drug-likeness (QED) is 0.925. The monoisotopic (exact) mass is 298 g/mol. The van der Waals surface area contributed by atoms with Gasteiger partial charge < -0.3 is 5.73 Å². The summed E-state index contributed by atoms with van der Waals surface area (Å²) in [5, 5.41) is 8.74. The summed E-state index contributed by atoms with van der Waals surface area (Å²) in [7, 11) is 0. The summed E-state index contributed by atoms with van der Waals surface area (Å²) in [6.07, 6.45) is 5.00. The van der Waals surface area contributed by atoms with Gasteiger partial charge in [0, 0.05) is 12.6 Å². The molecule has 19 heavy (non-hydrogen) atoms. The number of aliphatic imine (C=N–C) groups is 2. The SMILES string of the molecule is Cl.Cl.N#Cc1ccc(CC2(CCN)C=NC=N2)cc1. The van der Waals surface area contributed by atoms with E-state index < -0.39 is 0 Å². The molecule has 1 heterocycles. The van der Waals surface area contributed by atoms with Crippen LogP contribution in [0.1, 0.15) is 17.5 Å².